The smallest absolute Gasteiger partial charge is 0.255 e. The van der Waals surface area contributed by atoms with E-state index in [1.54, 1.807) is 12.1 Å². The Morgan fingerprint density at radius 1 is 1.17 bits per heavy atom. The van der Waals surface area contributed by atoms with Crippen LogP contribution in [0, 0.1) is 0 Å². The van der Waals surface area contributed by atoms with Gasteiger partial charge in [-0.15, -0.1) is 0 Å². The van der Waals surface area contributed by atoms with Gasteiger partial charge in [0.25, 0.3) is 5.91 Å². The van der Waals surface area contributed by atoms with Gasteiger partial charge in [0.2, 0.25) is 0 Å². The van der Waals surface area contributed by atoms with E-state index in [4.69, 9.17) is 5.90 Å². The van der Waals surface area contributed by atoms with Crippen LogP contribution in [0.3, 0.4) is 0 Å². The molecule has 5 heteroatoms. The molecule has 0 fully saturated rings. The first-order chi connectivity index (χ1) is 8.69. The molecule has 0 spiro atoms. The van der Waals surface area contributed by atoms with Crippen molar-refractivity contribution in [2.45, 2.75) is 0 Å². The maximum Gasteiger partial charge on any atom is 0.255 e. The van der Waals surface area contributed by atoms with Crippen molar-refractivity contribution >= 4 is 11.6 Å². The van der Waals surface area contributed by atoms with Gasteiger partial charge in [-0.1, -0.05) is 18.2 Å². The molecule has 0 unspecified atom stereocenters. The van der Waals surface area contributed by atoms with Crippen LogP contribution < -0.4 is 16.1 Å². The summed E-state index contributed by atoms with van der Waals surface area (Å²) in [5.74, 6) is 4.78. The third kappa shape index (κ3) is 2.78. The molecular formula is C13H12N2O3. The van der Waals surface area contributed by atoms with Crippen LogP contribution in [0.5, 0.6) is 11.5 Å². The van der Waals surface area contributed by atoms with Crippen LogP contribution in [0.4, 0.5) is 5.69 Å². The first-order valence-electron chi connectivity index (χ1n) is 5.26. The monoisotopic (exact) mass is 244 g/mol. The summed E-state index contributed by atoms with van der Waals surface area (Å²) in [4.78, 5) is 16.4. The molecule has 1 amide bonds. The number of phenols is 1. The van der Waals surface area contributed by atoms with Crippen LogP contribution in [0.2, 0.25) is 0 Å². The first-order valence-corrected chi connectivity index (χ1v) is 5.26. The Hall–Kier alpha value is -2.53. The van der Waals surface area contributed by atoms with Gasteiger partial charge in [0, 0.05) is 17.3 Å². The highest BCUT2D eigenvalue weighted by Gasteiger charge is 2.09. The van der Waals surface area contributed by atoms with Crippen LogP contribution >= 0.6 is 0 Å². The summed E-state index contributed by atoms with van der Waals surface area (Å²) < 4.78 is 0. The molecule has 0 aliphatic heterocycles. The highest BCUT2D eigenvalue weighted by Crippen LogP contribution is 2.21. The zero-order chi connectivity index (χ0) is 13.0. The second-order valence-corrected chi connectivity index (χ2v) is 3.65. The van der Waals surface area contributed by atoms with Crippen LogP contribution in [0.1, 0.15) is 10.4 Å². The Kier molecular flexibility index (Phi) is 3.45. The van der Waals surface area contributed by atoms with Crippen molar-refractivity contribution in [1.82, 2.24) is 0 Å². The molecule has 0 saturated carbocycles. The highest BCUT2D eigenvalue weighted by molar-refractivity contribution is 6.04. The van der Waals surface area contributed by atoms with Crippen LogP contribution in [0.25, 0.3) is 0 Å². The second-order valence-electron chi connectivity index (χ2n) is 3.65. The van der Waals surface area contributed by atoms with Crippen molar-refractivity contribution in [2.24, 2.45) is 5.90 Å². The average Bonchev–Trinajstić information content (AvgIpc) is 2.39. The van der Waals surface area contributed by atoms with E-state index < -0.39 is 0 Å². The minimum Gasteiger partial charge on any atom is -0.508 e. The normalized spacial score (nSPS) is 9.83. The maximum atomic E-state index is 11.9. The van der Waals surface area contributed by atoms with Crippen molar-refractivity contribution in [3.05, 3.63) is 54.1 Å². The summed E-state index contributed by atoms with van der Waals surface area (Å²) in [5.41, 5.74) is 0.931. The van der Waals surface area contributed by atoms with Gasteiger partial charge >= 0.3 is 0 Å². The number of amides is 1. The van der Waals surface area contributed by atoms with Gasteiger partial charge in [-0.25, -0.2) is 0 Å². The van der Waals surface area contributed by atoms with E-state index >= 15 is 0 Å². The molecule has 0 aromatic heterocycles. The third-order valence-corrected chi connectivity index (χ3v) is 2.32. The van der Waals surface area contributed by atoms with Crippen molar-refractivity contribution in [2.75, 3.05) is 5.32 Å². The molecule has 0 heterocycles. The number of nitrogens with two attached hydrogens (primary N) is 1. The van der Waals surface area contributed by atoms with E-state index in [0.717, 1.165) is 0 Å². The molecular weight excluding hydrogens is 232 g/mol. The lowest BCUT2D eigenvalue weighted by molar-refractivity contribution is 0.102. The molecule has 0 aliphatic rings. The zero-order valence-corrected chi connectivity index (χ0v) is 9.46. The fraction of sp³-hybridized carbons (Fsp3) is 0. The Morgan fingerprint density at radius 3 is 2.56 bits per heavy atom. The first kappa shape index (κ1) is 11.9. The number of benzene rings is 2. The van der Waals surface area contributed by atoms with Gasteiger partial charge < -0.3 is 15.3 Å². The Labute approximate surface area is 104 Å². The van der Waals surface area contributed by atoms with Crippen molar-refractivity contribution < 1.29 is 14.7 Å². The lowest BCUT2D eigenvalue weighted by atomic mass is 10.2. The molecule has 2 rings (SSSR count). The molecule has 0 saturated heterocycles. The van der Waals surface area contributed by atoms with Crippen molar-refractivity contribution in [1.29, 1.82) is 0 Å². The number of hydrogen-bond donors (Lipinski definition) is 3. The van der Waals surface area contributed by atoms with Crippen LogP contribution in [0.15, 0.2) is 48.5 Å². The van der Waals surface area contributed by atoms with E-state index in [2.05, 4.69) is 10.2 Å². The van der Waals surface area contributed by atoms with Gasteiger partial charge in [-0.3, -0.25) is 4.79 Å². The molecule has 2 aromatic rings. The average molecular weight is 244 g/mol. The van der Waals surface area contributed by atoms with E-state index in [-0.39, 0.29) is 23.0 Å². The summed E-state index contributed by atoms with van der Waals surface area (Å²) in [5, 5.41) is 12.1. The summed E-state index contributed by atoms with van der Waals surface area (Å²) in [6, 6.07) is 13.1. The van der Waals surface area contributed by atoms with Gasteiger partial charge in [0.05, 0.1) is 0 Å². The summed E-state index contributed by atoms with van der Waals surface area (Å²) in [6.45, 7) is 0. The lowest BCUT2D eigenvalue weighted by Crippen LogP contribution is -2.12. The number of para-hydroxylation sites is 1. The number of hydrogen-bond acceptors (Lipinski definition) is 4. The van der Waals surface area contributed by atoms with E-state index in [1.165, 1.54) is 18.2 Å². The number of rotatable bonds is 3. The number of carbonyl (C=O) groups is 1. The van der Waals surface area contributed by atoms with Crippen molar-refractivity contribution in [3.63, 3.8) is 0 Å². The molecule has 0 atom stereocenters. The molecule has 0 aliphatic carbocycles. The van der Waals surface area contributed by atoms with Crippen molar-refractivity contribution in [3.8, 4) is 11.5 Å². The summed E-state index contributed by atoms with van der Waals surface area (Å²) >= 11 is 0. The topological polar surface area (TPSA) is 84.6 Å². The predicted molar refractivity (Wildman–Crippen MR) is 67.3 cm³/mol. The maximum absolute atomic E-state index is 11.9. The van der Waals surface area contributed by atoms with E-state index in [0.29, 0.717) is 5.69 Å². The Morgan fingerprint density at radius 2 is 1.89 bits per heavy atom. The molecule has 0 radical (unpaired) electrons. The van der Waals surface area contributed by atoms with E-state index in [1.807, 2.05) is 18.2 Å². The molecule has 2 aromatic carbocycles. The number of aromatic hydroxyl groups is 1. The number of carbonyl (C=O) groups excluding carboxylic acids is 1. The molecule has 18 heavy (non-hydrogen) atoms. The number of anilines is 1. The fourth-order valence-corrected chi connectivity index (χ4v) is 1.51. The lowest BCUT2D eigenvalue weighted by Gasteiger charge is -2.07. The SMILES string of the molecule is NOc1cc(O)cc(C(=O)Nc2ccccc2)c1. The van der Waals surface area contributed by atoms with Crippen LogP contribution in [-0.2, 0) is 0 Å². The highest BCUT2D eigenvalue weighted by atomic mass is 16.6. The molecule has 5 nitrogen and oxygen atoms in total. The summed E-state index contributed by atoms with van der Waals surface area (Å²) in [6.07, 6.45) is 0. The van der Waals surface area contributed by atoms with E-state index in [9.17, 15) is 9.90 Å². The summed E-state index contributed by atoms with van der Waals surface area (Å²) in [7, 11) is 0. The van der Waals surface area contributed by atoms with Gasteiger partial charge in [0.15, 0.2) is 5.75 Å². The molecule has 0 bridgehead atoms. The largest absolute Gasteiger partial charge is 0.508 e. The number of nitrogens with one attached hydrogen (secondary N) is 1. The molecule has 92 valence electrons. The van der Waals surface area contributed by atoms with Gasteiger partial charge in [-0.05, 0) is 24.3 Å². The second kappa shape index (κ2) is 5.20. The Balaban J connectivity index is 2.21. The quantitative estimate of drug-likeness (QED) is 0.720. The minimum atomic E-state index is -0.351. The minimum absolute atomic E-state index is 0.0869. The fourth-order valence-electron chi connectivity index (χ4n) is 1.51. The molecule has 4 N–H and O–H groups in total. The van der Waals surface area contributed by atoms with Gasteiger partial charge in [-0.2, -0.15) is 5.90 Å². The third-order valence-electron chi connectivity index (χ3n) is 2.32. The van der Waals surface area contributed by atoms with Crippen LogP contribution in [-0.4, -0.2) is 11.0 Å². The predicted octanol–water partition coefficient (Wildman–Crippen LogP) is 1.90. The standard InChI is InChI=1S/C13H12N2O3/c14-18-12-7-9(6-11(16)8-12)13(17)15-10-4-2-1-3-5-10/h1-8,16H,14H2,(H,15,17). The number of phenolic OH excluding ortho intramolecular Hbond substituents is 1. The Bertz CT molecular complexity index is 555. The zero-order valence-electron chi connectivity index (χ0n) is 9.46. The van der Waals surface area contributed by atoms with Gasteiger partial charge in [0.1, 0.15) is 5.75 Å².